The van der Waals surface area contributed by atoms with Crippen molar-refractivity contribution in [2.75, 3.05) is 0 Å². The summed E-state index contributed by atoms with van der Waals surface area (Å²) in [5, 5.41) is 18.5. The van der Waals surface area contributed by atoms with Gasteiger partial charge in [-0.3, -0.25) is 0 Å². The van der Waals surface area contributed by atoms with E-state index in [4.69, 9.17) is 4.74 Å². The number of ether oxygens (including phenoxy) is 1. The summed E-state index contributed by atoms with van der Waals surface area (Å²) in [6.45, 7) is -0.230. The lowest BCUT2D eigenvalue weighted by Gasteiger charge is -2.13. The number of hydrogen-bond acceptors (Lipinski definition) is 3. The standard InChI is InChI=1S/C14H14O3/c15-9-11-5-4-6-12(10-16)14(11)17-13-7-2-1-3-8-13/h1-8,15-16H,9-10H2. The summed E-state index contributed by atoms with van der Waals surface area (Å²) >= 11 is 0. The van der Waals surface area contributed by atoms with Gasteiger partial charge in [0.15, 0.2) is 0 Å². The van der Waals surface area contributed by atoms with Gasteiger partial charge in [-0.1, -0.05) is 36.4 Å². The second-order valence-corrected chi connectivity index (χ2v) is 3.64. The van der Waals surface area contributed by atoms with Crippen molar-refractivity contribution in [1.29, 1.82) is 0 Å². The van der Waals surface area contributed by atoms with Gasteiger partial charge < -0.3 is 14.9 Å². The zero-order valence-electron chi connectivity index (χ0n) is 9.34. The number of aliphatic hydroxyl groups is 2. The summed E-state index contributed by atoms with van der Waals surface area (Å²) < 4.78 is 5.70. The van der Waals surface area contributed by atoms with E-state index in [1.54, 1.807) is 18.2 Å². The molecule has 0 amide bonds. The molecule has 0 fully saturated rings. The van der Waals surface area contributed by atoms with Gasteiger partial charge in [0.2, 0.25) is 0 Å². The van der Waals surface area contributed by atoms with Crippen molar-refractivity contribution in [2.24, 2.45) is 0 Å². The number of aliphatic hydroxyl groups excluding tert-OH is 2. The Morgan fingerprint density at radius 3 is 1.88 bits per heavy atom. The Labute approximate surface area is 99.9 Å². The Balaban J connectivity index is 2.37. The summed E-state index contributed by atoms with van der Waals surface area (Å²) in [4.78, 5) is 0. The van der Waals surface area contributed by atoms with E-state index in [0.717, 1.165) is 0 Å². The van der Waals surface area contributed by atoms with Crippen LogP contribution in [0.15, 0.2) is 48.5 Å². The average molecular weight is 230 g/mol. The van der Waals surface area contributed by atoms with Crippen molar-refractivity contribution in [3.63, 3.8) is 0 Å². The van der Waals surface area contributed by atoms with Gasteiger partial charge >= 0.3 is 0 Å². The van der Waals surface area contributed by atoms with Gasteiger partial charge in [0.05, 0.1) is 13.2 Å². The van der Waals surface area contributed by atoms with Crippen LogP contribution >= 0.6 is 0 Å². The van der Waals surface area contributed by atoms with Crippen LogP contribution in [-0.4, -0.2) is 10.2 Å². The maximum Gasteiger partial charge on any atom is 0.138 e. The van der Waals surface area contributed by atoms with E-state index in [9.17, 15) is 10.2 Å². The normalized spacial score (nSPS) is 10.2. The summed E-state index contributed by atoms with van der Waals surface area (Å²) in [5.41, 5.74) is 1.33. The molecule has 0 saturated carbocycles. The van der Waals surface area contributed by atoms with Crippen LogP contribution in [-0.2, 0) is 13.2 Å². The Bertz CT molecular complexity index is 458. The maximum absolute atomic E-state index is 9.25. The zero-order chi connectivity index (χ0) is 12.1. The van der Waals surface area contributed by atoms with E-state index in [1.807, 2.05) is 30.3 Å². The highest BCUT2D eigenvalue weighted by Gasteiger charge is 2.09. The third-order valence-corrected chi connectivity index (χ3v) is 2.48. The fourth-order valence-corrected chi connectivity index (χ4v) is 1.62. The van der Waals surface area contributed by atoms with Gasteiger partial charge in [-0.2, -0.15) is 0 Å². The van der Waals surface area contributed by atoms with Gasteiger partial charge in [0.1, 0.15) is 11.5 Å². The fraction of sp³-hybridized carbons (Fsp3) is 0.143. The second kappa shape index (κ2) is 5.48. The van der Waals surface area contributed by atoms with E-state index >= 15 is 0 Å². The molecule has 0 aliphatic heterocycles. The molecule has 2 rings (SSSR count). The van der Waals surface area contributed by atoms with Gasteiger partial charge in [0, 0.05) is 11.1 Å². The Morgan fingerprint density at radius 2 is 1.35 bits per heavy atom. The Hall–Kier alpha value is -1.84. The highest BCUT2D eigenvalue weighted by molar-refractivity contribution is 5.43. The minimum Gasteiger partial charge on any atom is -0.457 e. The van der Waals surface area contributed by atoms with Crippen molar-refractivity contribution >= 4 is 0 Å². The Kier molecular flexibility index (Phi) is 3.75. The largest absolute Gasteiger partial charge is 0.457 e. The molecule has 0 spiro atoms. The first-order valence-corrected chi connectivity index (χ1v) is 5.40. The van der Waals surface area contributed by atoms with Gasteiger partial charge in [-0.15, -0.1) is 0 Å². The van der Waals surface area contributed by atoms with E-state index in [1.165, 1.54) is 0 Å². The number of benzene rings is 2. The topological polar surface area (TPSA) is 49.7 Å². The van der Waals surface area contributed by atoms with E-state index in [-0.39, 0.29) is 13.2 Å². The zero-order valence-corrected chi connectivity index (χ0v) is 9.34. The van der Waals surface area contributed by atoms with E-state index < -0.39 is 0 Å². The molecular formula is C14H14O3. The number of rotatable bonds is 4. The molecule has 0 unspecified atom stereocenters. The van der Waals surface area contributed by atoms with Crippen molar-refractivity contribution in [3.8, 4) is 11.5 Å². The van der Waals surface area contributed by atoms with Crippen LogP contribution in [0.4, 0.5) is 0 Å². The molecule has 3 nitrogen and oxygen atoms in total. The summed E-state index contributed by atoms with van der Waals surface area (Å²) in [6.07, 6.45) is 0. The van der Waals surface area contributed by atoms with Gasteiger partial charge in [-0.05, 0) is 12.1 Å². The summed E-state index contributed by atoms with van der Waals surface area (Å²) in [7, 11) is 0. The summed E-state index contributed by atoms with van der Waals surface area (Å²) in [6, 6.07) is 14.6. The molecule has 0 saturated heterocycles. The van der Waals surface area contributed by atoms with Gasteiger partial charge in [0.25, 0.3) is 0 Å². The third-order valence-electron chi connectivity index (χ3n) is 2.48. The smallest absolute Gasteiger partial charge is 0.138 e. The molecule has 0 bridgehead atoms. The van der Waals surface area contributed by atoms with Crippen molar-refractivity contribution in [3.05, 3.63) is 59.7 Å². The van der Waals surface area contributed by atoms with E-state index in [2.05, 4.69) is 0 Å². The summed E-state index contributed by atoms with van der Waals surface area (Å²) in [5.74, 6) is 1.21. The molecular weight excluding hydrogens is 216 g/mol. The minimum atomic E-state index is -0.115. The first-order valence-electron chi connectivity index (χ1n) is 5.40. The SMILES string of the molecule is OCc1cccc(CO)c1Oc1ccccc1. The number of para-hydroxylation sites is 2. The van der Waals surface area contributed by atoms with Crippen LogP contribution in [0.3, 0.4) is 0 Å². The van der Waals surface area contributed by atoms with Crippen LogP contribution in [0.25, 0.3) is 0 Å². The van der Waals surface area contributed by atoms with Crippen molar-refractivity contribution < 1.29 is 14.9 Å². The predicted octanol–water partition coefficient (Wildman–Crippen LogP) is 2.46. The first-order chi connectivity index (χ1) is 8.35. The highest BCUT2D eigenvalue weighted by atomic mass is 16.5. The predicted molar refractivity (Wildman–Crippen MR) is 64.8 cm³/mol. The highest BCUT2D eigenvalue weighted by Crippen LogP contribution is 2.29. The lowest BCUT2D eigenvalue weighted by molar-refractivity contribution is 0.265. The lowest BCUT2D eigenvalue weighted by atomic mass is 10.1. The quantitative estimate of drug-likeness (QED) is 0.848. The molecule has 0 aliphatic rings. The molecule has 0 aliphatic carbocycles. The number of hydrogen-bond donors (Lipinski definition) is 2. The monoisotopic (exact) mass is 230 g/mol. The third kappa shape index (κ3) is 2.64. The molecule has 0 aromatic heterocycles. The lowest BCUT2D eigenvalue weighted by Crippen LogP contribution is -1.97. The van der Waals surface area contributed by atoms with Crippen LogP contribution in [0, 0.1) is 0 Å². The van der Waals surface area contributed by atoms with Crippen LogP contribution in [0.2, 0.25) is 0 Å². The minimum absolute atomic E-state index is 0.115. The van der Waals surface area contributed by atoms with Crippen molar-refractivity contribution in [2.45, 2.75) is 13.2 Å². The molecule has 0 atom stereocenters. The molecule has 0 radical (unpaired) electrons. The molecule has 2 aromatic carbocycles. The second-order valence-electron chi connectivity index (χ2n) is 3.64. The fourth-order valence-electron chi connectivity index (χ4n) is 1.62. The molecule has 17 heavy (non-hydrogen) atoms. The van der Waals surface area contributed by atoms with Gasteiger partial charge in [-0.25, -0.2) is 0 Å². The molecule has 2 N–H and O–H groups in total. The molecule has 88 valence electrons. The first kappa shape index (κ1) is 11.6. The van der Waals surface area contributed by atoms with Crippen LogP contribution < -0.4 is 4.74 Å². The molecule has 0 heterocycles. The molecule has 3 heteroatoms. The van der Waals surface area contributed by atoms with Crippen molar-refractivity contribution in [1.82, 2.24) is 0 Å². The van der Waals surface area contributed by atoms with Crippen LogP contribution in [0.1, 0.15) is 11.1 Å². The Morgan fingerprint density at radius 1 is 0.765 bits per heavy atom. The maximum atomic E-state index is 9.25. The average Bonchev–Trinajstić information content (AvgIpc) is 2.40. The van der Waals surface area contributed by atoms with Crippen LogP contribution in [0.5, 0.6) is 11.5 Å². The molecule has 2 aromatic rings. The van der Waals surface area contributed by atoms with E-state index in [0.29, 0.717) is 22.6 Å².